The van der Waals surface area contributed by atoms with Crippen molar-refractivity contribution < 1.29 is 12.8 Å². The van der Waals surface area contributed by atoms with E-state index in [0.29, 0.717) is 16.0 Å². The fourth-order valence-corrected chi connectivity index (χ4v) is 3.39. The molecule has 0 fully saturated rings. The molecular weight excluding hydrogens is 312 g/mol. The number of hydrogen-bond donors (Lipinski definition) is 0. The minimum absolute atomic E-state index is 0.00511. The van der Waals surface area contributed by atoms with Gasteiger partial charge in [0, 0.05) is 10.4 Å². The fraction of sp³-hybridized carbons (Fsp3) is 0. The molecule has 0 aliphatic heterocycles. The number of sulfone groups is 1. The lowest BCUT2D eigenvalue weighted by molar-refractivity contribution is 0.532. The number of benzene rings is 2. The molecule has 0 atom stereocenters. The second-order valence-corrected chi connectivity index (χ2v) is 6.75. The molecule has 3 aromatic rings. The van der Waals surface area contributed by atoms with Crippen LogP contribution in [0.4, 0.5) is 0 Å². The highest BCUT2D eigenvalue weighted by molar-refractivity contribution is 7.91. The molecule has 21 heavy (non-hydrogen) atoms. The minimum Gasteiger partial charge on any atom is -0.422 e. The maximum atomic E-state index is 12.5. The van der Waals surface area contributed by atoms with Crippen LogP contribution in [0.5, 0.6) is 0 Å². The Hall–Kier alpha value is -2.11. The zero-order valence-electron chi connectivity index (χ0n) is 10.6. The van der Waals surface area contributed by atoms with Gasteiger partial charge in [-0.1, -0.05) is 29.8 Å². The highest BCUT2D eigenvalue weighted by atomic mass is 35.5. The second kappa shape index (κ2) is 5.02. The Kier molecular flexibility index (Phi) is 3.31. The Balaban J connectivity index is 2.26. The molecule has 0 saturated heterocycles. The normalized spacial score (nSPS) is 11.7. The molecule has 6 heteroatoms. The third-order valence-electron chi connectivity index (χ3n) is 3.02. The minimum atomic E-state index is -3.94. The highest BCUT2D eigenvalue weighted by Crippen LogP contribution is 2.23. The maximum Gasteiger partial charge on any atom is 0.355 e. The summed E-state index contributed by atoms with van der Waals surface area (Å²) in [5.41, 5.74) is -0.541. The zero-order chi connectivity index (χ0) is 15.0. The largest absolute Gasteiger partial charge is 0.422 e. The highest BCUT2D eigenvalue weighted by Gasteiger charge is 2.23. The average molecular weight is 321 g/mol. The first kappa shape index (κ1) is 13.9. The molecule has 0 amide bonds. The van der Waals surface area contributed by atoms with Gasteiger partial charge in [0.2, 0.25) is 9.84 Å². The molecule has 1 heterocycles. The van der Waals surface area contributed by atoms with E-state index in [1.807, 2.05) is 0 Å². The van der Waals surface area contributed by atoms with E-state index in [1.54, 1.807) is 24.3 Å². The van der Waals surface area contributed by atoms with Crippen LogP contribution in [-0.4, -0.2) is 8.42 Å². The lowest BCUT2D eigenvalue weighted by atomic mass is 10.2. The van der Waals surface area contributed by atoms with Crippen LogP contribution in [0.3, 0.4) is 0 Å². The molecule has 0 unspecified atom stereocenters. The monoisotopic (exact) mass is 320 g/mol. The summed E-state index contributed by atoms with van der Waals surface area (Å²) in [5, 5.41) is 0.962. The van der Waals surface area contributed by atoms with Crippen molar-refractivity contribution in [3.63, 3.8) is 0 Å². The van der Waals surface area contributed by atoms with Crippen LogP contribution in [-0.2, 0) is 9.84 Å². The van der Waals surface area contributed by atoms with Crippen molar-refractivity contribution in [2.24, 2.45) is 0 Å². The third-order valence-corrected chi connectivity index (χ3v) is 5.03. The van der Waals surface area contributed by atoms with E-state index < -0.39 is 15.5 Å². The smallest absolute Gasteiger partial charge is 0.355 e. The fourth-order valence-electron chi connectivity index (χ4n) is 1.97. The number of para-hydroxylation sites is 1. The maximum absolute atomic E-state index is 12.5. The van der Waals surface area contributed by atoms with Gasteiger partial charge in [-0.15, -0.1) is 0 Å². The van der Waals surface area contributed by atoms with E-state index in [9.17, 15) is 13.2 Å². The number of hydrogen-bond acceptors (Lipinski definition) is 4. The predicted octanol–water partition coefficient (Wildman–Crippen LogP) is 3.28. The summed E-state index contributed by atoms with van der Waals surface area (Å²) in [5.74, 6) is 0. The van der Waals surface area contributed by atoms with Gasteiger partial charge < -0.3 is 4.42 Å². The standard InChI is InChI=1S/C15H9ClO4S/c16-11-5-7-12(8-6-11)21(18,19)14-9-10-3-1-2-4-13(10)20-15(14)17/h1-9H. The van der Waals surface area contributed by atoms with E-state index >= 15 is 0 Å². The lowest BCUT2D eigenvalue weighted by Gasteiger charge is -2.04. The lowest BCUT2D eigenvalue weighted by Crippen LogP contribution is -2.14. The summed E-state index contributed by atoms with van der Waals surface area (Å²) < 4.78 is 30.1. The Morgan fingerprint density at radius 3 is 2.33 bits per heavy atom. The zero-order valence-corrected chi connectivity index (χ0v) is 12.2. The van der Waals surface area contributed by atoms with Crippen LogP contribution in [0.1, 0.15) is 0 Å². The van der Waals surface area contributed by atoms with Crippen molar-refractivity contribution in [2.45, 2.75) is 9.79 Å². The Labute approximate surface area is 125 Å². The van der Waals surface area contributed by atoms with Crippen LogP contribution in [0.2, 0.25) is 5.02 Å². The molecule has 0 radical (unpaired) electrons. The van der Waals surface area contributed by atoms with Gasteiger partial charge in [-0.25, -0.2) is 13.2 Å². The van der Waals surface area contributed by atoms with Crippen molar-refractivity contribution in [2.75, 3.05) is 0 Å². The quantitative estimate of drug-likeness (QED) is 0.680. The molecule has 0 saturated carbocycles. The van der Waals surface area contributed by atoms with Gasteiger partial charge in [-0.05, 0) is 36.4 Å². The summed E-state index contributed by atoms with van der Waals surface area (Å²) >= 11 is 5.74. The molecule has 0 bridgehead atoms. The van der Waals surface area contributed by atoms with Gasteiger partial charge in [-0.2, -0.15) is 0 Å². The van der Waals surface area contributed by atoms with Crippen molar-refractivity contribution in [3.8, 4) is 0 Å². The molecule has 0 spiro atoms. The number of halogens is 1. The predicted molar refractivity (Wildman–Crippen MR) is 79.4 cm³/mol. The van der Waals surface area contributed by atoms with Crippen molar-refractivity contribution >= 4 is 32.4 Å². The first-order valence-corrected chi connectivity index (χ1v) is 7.88. The summed E-state index contributed by atoms with van der Waals surface area (Å²) in [6.45, 7) is 0. The van der Waals surface area contributed by atoms with Crippen LogP contribution in [0, 0.1) is 0 Å². The number of fused-ring (bicyclic) bond motifs is 1. The van der Waals surface area contributed by atoms with Crippen molar-refractivity contribution in [3.05, 3.63) is 70.0 Å². The molecule has 1 aromatic heterocycles. The molecule has 106 valence electrons. The van der Waals surface area contributed by atoms with Crippen LogP contribution in [0.25, 0.3) is 11.0 Å². The molecule has 0 aliphatic rings. The first-order valence-electron chi connectivity index (χ1n) is 6.02. The van der Waals surface area contributed by atoms with Gasteiger partial charge in [0.25, 0.3) is 0 Å². The van der Waals surface area contributed by atoms with Crippen molar-refractivity contribution in [1.82, 2.24) is 0 Å². The van der Waals surface area contributed by atoms with Crippen LogP contribution < -0.4 is 5.63 Å². The summed E-state index contributed by atoms with van der Waals surface area (Å²) in [6, 6.07) is 13.7. The van der Waals surface area contributed by atoms with E-state index in [-0.39, 0.29) is 9.79 Å². The summed E-state index contributed by atoms with van der Waals surface area (Å²) in [6.07, 6.45) is 0. The topological polar surface area (TPSA) is 64.3 Å². The molecule has 2 aromatic carbocycles. The van der Waals surface area contributed by atoms with E-state index in [2.05, 4.69) is 0 Å². The molecule has 3 rings (SSSR count). The van der Waals surface area contributed by atoms with Gasteiger partial charge >= 0.3 is 5.63 Å². The first-order chi connectivity index (χ1) is 9.98. The third kappa shape index (κ3) is 2.46. The van der Waals surface area contributed by atoms with Crippen LogP contribution >= 0.6 is 11.6 Å². The molecular formula is C15H9ClO4S. The Bertz CT molecular complexity index is 972. The molecule has 4 nitrogen and oxygen atoms in total. The number of rotatable bonds is 2. The van der Waals surface area contributed by atoms with Gasteiger partial charge in [0.05, 0.1) is 4.90 Å². The van der Waals surface area contributed by atoms with E-state index in [0.717, 1.165) is 0 Å². The Morgan fingerprint density at radius 2 is 1.62 bits per heavy atom. The molecule has 0 aliphatic carbocycles. The van der Waals surface area contributed by atoms with Gasteiger partial charge in [0.1, 0.15) is 5.58 Å². The summed E-state index contributed by atoms with van der Waals surface area (Å²) in [4.78, 5) is 11.6. The van der Waals surface area contributed by atoms with Gasteiger partial charge in [-0.3, -0.25) is 0 Å². The van der Waals surface area contributed by atoms with E-state index in [4.69, 9.17) is 16.0 Å². The second-order valence-electron chi connectivity index (χ2n) is 4.39. The SMILES string of the molecule is O=c1oc2ccccc2cc1S(=O)(=O)c1ccc(Cl)cc1. The summed E-state index contributed by atoms with van der Waals surface area (Å²) in [7, 11) is -3.94. The van der Waals surface area contributed by atoms with Crippen LogP contribution in [0.15, 0.2) is 73.6 Å². The van der Waals surface area contributed by atoms with Gasteiger partial charge in [0.15, 0.2) is 4.90 Å². The molecule has 0 N–H and O–H groups in total. The average Bonchev–Trinajstić information content (AvgIpc) is 2.47. The van der Waals surface area contributed by atoms with Crippen molar-refractivity contribution in [1.29, 1.82) is 0 Å². The Morgan fingerprint density at radius 1 is 0.952 bits per heavy atom. The van der Waals surface area contributed by atoms with E-state index in [1.165, 1.54) is 30.3 Å².